The molecule has 1 fully saturated rings. The van der Waals surface area contributed by atoms with E-state index in [1.54, 1.807) is 55.1 Å². The quantitative estimate of drug-likeness (QED) is 0.497. The number of nitriles is 1. The number of methoxy groups -OCH3 is 1. The maximum absolute atomic E-state index is 13.3. The van der Waals surface area contributed by atoms with Crippen LogP contribution in [0.15, 0.2) is 36.4 Å². The Morgan fingerprint density at radius 3 is 2.43 bits per heavy atom. The molecular formula is C26H34N4O6S. The van der Waals surface area contributed by atoms with Crippen LogP contribution in [0, 0.1) is 11.3 Å². The number of sulfonamides is 1. The van der Waals surface area contributed by atoms with Crippen LogP contribution >= 0.6 is 0 Å². The molecule has 0 bridgehead atoms. The van der Waals surface area contributed by atoms with Crippen LogP contribution in [-0.2, 0) is 27.9 Å². The lowest BCUT2D eigenvalue weighted by Crippen LogP contribution is -2.49. The van der Waals surface area contributed by atoms with Crippen molar-refractivity contribution in [3.63, 3.8) is 0 Å². The fourth-order valence-corrected chi connectivity index (χ4v) is 5.80. The number of carbonyl (C=O) groups excluding carboxylic acids is 1. The molecule has 2 aromatic carbocycles. The van der Waals surface area contributed by atoms with Crippen molar-refractivity contribution in [2.45, 2.75) is 33.4 Å². The van der Waals surface area contributed by atoms with E-state index >= 15 is 0 Å². The van der Waals surface area contributed by atoms with Crippen LogP contribution in [-0.4, -0.2) is 70.2 Å². The van der Waals surface area contributed by atoms with Crippen LogP contribution in [0.4, 0.5) is 16.2 Å². The number of aliphatic hydroxyl groups excluding tert-OH is 1. The summed E-state index contributed by atoms with van der Waals surface area (Å²) in [5.41, 5.74) is 2.60. The van der Waals surface area contributed by atoms with Gasteiger partial charge in [0, 0.05) is 26.2 Å². The lowest BCUT2D eigenvalue weighted by molar-refractivity contribution is 0.105. The molecule has 2 aromatic rings. The Kier molecular flexibility index (Phi) is 9.60. The summed E-state index contributed by atoms with van der Waals surface area (Å²) in [7, 11) is -2.19. The monoisotopic (exact) mass is 530 g/mol. The summed E-state index contributed by atoms with van der Waals surface area (Å²) in [5, 5.41) is 19.8. The smallest absolute Gasteiger partial charge is 0.409 e. The average molecular weight is 531 g/mol. The van der Waals surface area contributed by atoms with Crippen molar-refractivity contribution in [2.75, 3.05) is 54.9 Å². The van der Waals surface area contributed by atoms with E-state index in [9.17, 15) is 23.6 Å². The van der Waals surface area contributed by atoms with Gasteiger partial charge in [0.25, 0.3) is 0 Å². The molecule has 0 spiro atoms. The van der Waals surface area contributed by atoms with Gasteiger partial charge in [-0.3, -0.25) is 4.31 Å². The Labute approximate surface area is 218 Å². The molecule has 200 valence electrons. The largest absolute Gasteiger partial charge is 0.497 e. The van der Waals surface area contributed by atoms with E-state index in [4.69, 9.17) is 9.47 Å². The Balaban J connectivity index is 1.92. The molecule has 0 aliphatic carbocycles. The number of rotatable bonds is 10. The highest BCUT2D eigenvalue weighted by Crippen LogP contribution is 2.31. The second kappa shape index (κ2) is 12.7. The highest BCUT2D eigenvalue weighted by molar-refractivity contribution is 7.92. The molecule has 37 heavy (non-hydrogen) atoms. The number of aliphatic hydroxyl groups is 1. The summed E-state index contributed by atoms with van der Waals surface area (Å²) >= 11 is 0. The standard InChI is InChI=1S/C26H34N4O6S/c1-4-14-37(33,34)30(18-20-6-8-24(35-3)16-22(20)19-31)23-7-9-25(21(15-23)17-27)28-10-12-29(13-11-28)26(32)36-5-2/h6-9,15-16,31H,4-5,10-14,18-19H2,1-3H3. The predicted octanol–water partition coefficient (Wildman–Crippen LogP) is 3.08. The third-order valence-corrected chi connectivity index (χ3v) is 8.17. The van der Waals surface area contributed by atoms with Gasteiger partial charge in [-0.25, -0.2) is 13.2 Å². The van der Waals surface area contributed by atoms with E-state index in [1.807, 2.05) is 4.90 Å². The highest BCUT2D eigenvalue weighted by atomic mass is 32.2. The third-order valence-electron chi connectivity index (χ3n) is 6.23. The van der Waals surface area contributed by atoms with Crippen molar-refractivity contribution in [3.8, 4) is 11.8 Å². The van der Waals surface area contributed by atoms with Gasteiger partial charge in [-0.2, -0.15) is 5.26 Å². The van der Waals surface area contributed by atoms with Crippen LogP contribution in [0.2, 0.25) is 0 Å². The molecule has 0 radical (unpaired) electrons. The maximum Gasteiger partial charge on any atom is 0.409 e. The topological polar surface area (TPSA) is 123 Å². The second-order valence-electron chi connectivity index (χ2n) is 8.60. The fraction of sp³-hybridized carbons (Fsp3) is 0.462. The summed E-state index contributed by atoms with van der Waals surface area (Å²) in [5.74, 6) is 0.506. The molecular weight excluding hydrogens is 496 g/mol. The Morgan fingerprint density at radius 1 is 1.11 bits per heavy atom. The zero-order chi connectivity index (χ0) is 27.0. The molecule has 0 aromatic heterocycles. The van der Waals surface area contributed by atoms with Crippen LogP contribution < -0.4 is 13.9 Å². The van der Waals surface area contributed by atoms with E-state index in [1.165, 1.54) is 11.4 Å². The Hall–Kier alpha value is -3.49. The van der Waals surface area contributed by atoms with E-state index in [-0.39, 0.29) is 25.0 Å². The predicted molar refractivity (Wildman–Crippen MR) is 141 cm³/mol. The van der Waals surface area contributed by atoms with Crippen molar-refractivity contribution in [1.29, 1.82) is 5.26 Å². The maximum atomic E-state index is 13.3. The Bertz CT molecular complexity index is 1240. The zero-order valence-electron chi connectivity index (χ0n) is 21.5. The highest BCUT2D eigenvalue weighted by Gasteiger charge is 2.27. The number of hydrogen-bond acceptors (Lipinski definition) is 8. The number of nitrogens with zero attached hydrogens (tertiary/aromatic N) is 4. The zero-order valence-corrected chi connectivity index (χ0v) is 22.3. The number of piperazine rings is 1. The molecule has 1 aliphatic heterocycles. The number of anilines is 2. The van der Waals surface area contributed by atoms with Crippen LogP contribution in [0.25, 0.3) is 0 Å². The summed E-state index contributed by atoms with van der Waals surface area (Å²) in [6.45, 7) is 5.58. The Morgan fingerprint density at radius 2 is 1.84 bits per heavy atom. The number of benzene rings is 2. The first-order valence-corrected chi connectivity index (χ1v) is 13.9. The van der Waals surface area contributed by atoms with Crippen LogP contribution in [0.5, 0.6) is 5.75 Å². The average Bonchev–Trinajstić information content (AvgIpc) is 2.91. The molecule has 1 aliphatic rings. The van der Waals surface area contributed by atoms with Crippen molar-refractivity contribution in [3.05, 3.63) is 53.1 Å². The minimum Gasteiger partial charge on any atom is -0.497 e. The molecule has 0 unspecified atom stereocenters. The van der Waals surface area contributed by atoms with Gasteiger partial charge in [0.15, 0.2) is 0 Å². The van der Waals surface area contributed by atoms with Gasteiger partial charge < -0.3 is 24.4 Å². The van der Waals surface area contributed by atoms with Crippen molar-refractivity contribution < 1.29 is 27.8 Å². The van der Waals surface area contributed by atoms with Gasteiger partial charge in [0.1, 0.15) is 11.8 Å². The van der Waals surface area contributed by atoms with Gasteiger partial charge in [-0.15, -0.1) is 0 Å². The minimum absolute atomic E-state index is 0.00461. The molecule has 0 atom stereocenters. The summed E-state index contributed by atoms with van der Waals surface area (Å²) in [6.07, 6.45) is 0.0814. The SMILES string of the molecule is CCCS(=O)(=O)N(Cc1ccc(OC)cc1CO)c1ccc(N2CCN(C(=O)OCC)CC2)c(C#N)c1. The number of hydrogen-bond donors (Lipinski definition) is 1. The number of carbonyl (C=O) groups is 1. The first-order valence-electron chi connectivity index (χ1n) is 12.3. The first-order chi connectivity index (χ1) is 17.8. The van der Waals surface area contributed by atoms with Crippen molar-refractivity contribution in [1.82, 2.24) is 4.90 Å². The molecule has 0 saturated carbocycles. The summed E-state index contributed by atoms with van der Waals surface area (Å²) < 4.78 is 38.2. The van der Waals surface area contributed by atoms with Gasteiger partial charge in [0.05, 0.1) is 49.6 Å². The number of amides is 1. The third kappa shape index (κ3) is 6.64. The molecule has 11 heteroatoms. The van der Waals surface area contributed by atoms with Crippen LogP contribution in [0.3, 0.4) is 0 Å². The fourth-order valence-electron chi connectivity index (χ4n) is 4.29. The van der Waals surface area contributed by atoms with E-state index in [0.717, 1.165) is 0 Å². The molecule has 1 amide bonds. The van der Waals surface area contributed by atoms with Gasteiger partial charge in [-0.05, 0) is 54.8 Å². The summed E-state index contributed by atoms with van der Waals surface area (Å²) in [6, 6.07) is 12.4. The van der Waals surface area contributed by atoms with Crippen molar-refractivity contribution in [2.24, 2.45) is 0 Å². The number of ether oxygens (including phenoxy) is 2. The molecule has 1 heterocycles. The van der Waals surface area contributed by atoms with E-state index in [0.29, 0.717) is 73.0 Å². The lowest BCUT2D eigenvalue weighted by Gasteiger charge is -2.36. The van der Waals surface area contributed by atoms with E-state index < -0.39 is 10.0 Å². The normalized spacial score (nSPS) is 13.7. The van der Waals surface area contributed by atoms with E-state index in [2.05, 4.69) is 6.07 Å². The molecule has 10 nitrogen and oxygen atoms in total. The van der Waals surface area contributed by atoms with Gasteiger partial charge in [0.2, 0.25) is 10.0 Å². The first kappa shape index (κ1) is 28.1. The molecule has 1 saturated heterocycles. The van der Waals surface area contributed by atoms with Gasteiger partial charge >= 0.3 is 6.09 Å². The second-order valence-corrected chi connectivity index (χ2v) is 10.6. The lowest BCUT2D eigenvalue weighted by atomic mass is 10.1. The van der Waals surface area contributed by atoms with Gasteiger partial charge in [-0.1, -0.05) is 13.0 Å². The molecule has 1 N–H and O–H groups in total. The summed E-state index contributed by atoms with van der Waals surface area (Å²) in [4.78, 5) is 15.7. The minimum atomic E-state index is -3.71. The van der Waals surface area contributed by atoms with Crippen LogP contribution in [0.1, 0.15) is 37.0 Å². The van der Waals surface area contributed by atoms with Crippen molar-refractivity contribution >= 4 is 27.5 Å². The molecule has 3 rings (SSSR count).